The van der Waals surface area contributed by atoms with Gasteiger partial charge in [0, 0.05) is 15.8 Å². The van der Waals surface area contributed by atoms with Gasteiger partial charge in [-0.25, -0.2) is 0 Å². The molecule has 0 aliphatic rings. The number of rotatable bonds is 0. The summed E-state index contributed by atoms with van der Waals surface area (Å²) in [6.45, 7) is 0. The number of hydrogen-bond acceptors (Lipinski definition) is 4. The smallest absolute Gasteiger partial charge is 0.198 e. The van der Waals surface area contributed by atoms with E-state index in [1.165, 1.54) is 0 Å². The fraction of sp³-hybridized carbons (Fsp3) is 0. The Morgan fingerprint density at radius 1 is 1.27 bits per heavy atom. The van der Waals surface area contributed by atoms with E-state index in [4.69, 9.17) is 34.9 Å². The predicted octanol–water partition coefficient (Wildman–Crippen LogP) is 0.831. The molecule has 4 N–H and O–H groups in total. The summed E-state index contributed by atoms with van der Waals surface area (Å²) in [6, 6.07) is 5.12. The van der Waals surface area contributed by atoms with Crippen molar-refractivity contribution in [2.75, 3.05) is 5.84 Å². The predicted molar refractivity (Wildman–Crippen MR) is 59.7 cm³/mol. The quantitative estimate of drug-likeness (QED) is 0.532. The van der Waals surface area contributed by atoms with E-state index in [0.29, 0.717) is 21.3 Å². The average molecular weight is 244 g/mol. The van der Waals surface area contributed by atoms with E-state index in [0.717, 1.165) is 4.79 Å². The standard InChI is InChI=1S/C8H7Cl2N5/c9-4-1-2-5-6(3-4)7(10)14-15(12)8(5)13-11/h1-3H,11-12H2/b13-8-. The summed E-state index contributed by atoms with van der Waals surface area (Å²) >= 11 is 11.7. The molecule has 7 heteroatoms. The third-order valence-corrected chi connectivity index (χ3v) is 2.49. The Balaban J connectivity index is 3.04. The maximum absolute atomic E-state index is 5.91. The molecule has 0 saturated carbocycles. The van der Waals surface area contributed by atoms with E-state index >= 15 is 0 Å². The Hall–Kier alpha value is -1.46. The molecule has 0 radical (unpaired) electrons. The van der Waals surface area contributed by atoms with Crippen molar-refractivity contribution in [3.63, 3.8) is 0 Å². The Labute approximate surface area is 94.9 Å². The van der Waals surface area contributed by atoms with Crippen molar-refractivity contribution in [1.29, 1.82) is 0 Å². The minimum Gasteiger partial charge on any atom is -0.321 e. The Bertz CT molecular complexity index is 589. The molecule has 5 nitrogen and oxygen atoms in total. The molecule has 0 aliphatic carbocycles. The highest BCUT2D eigenvalue weighted by Gasteiger charge is 2.06. The van der Waals surface area contributed by atoms with Gasteiger partial charge < -0.3 is 11.7 Å². The van der Waals surface area contributed by atoms with Crippen LogP contribution in [-0.4, -0.2) is 9.89 Å². The Morgan fingerprint density at radius 2 is 2.00 bits per heavy atom. The highest BCUT2D eigenvalue weighted by Crippen LogP contribution is 2.21. The number of nitrogens with zero attached hydrogens (tertiary/aromatic N) is 3. The lowest BCUT2D eigenvalue weighted by Gasteiger charge is -2.04. The number of fused-ring (bicyclic) bond motifs is 1. The van der Waals surface area contributed by atoms with Gasteiger partial charge in [0.2, 0.25) is 0 Å². The van der Waals surface area contributed by atoms with Crippen LogP contribution in [0.15, 0.2) is 23.3 Å². The zero-order valence-corrected chi connectivity index (χ0v) is 9.00. The van der Waals surface area contributed by atoms with Gasteiger partial charge in [0.15, 0.2) is 10.6 Å². The number of aromatic nitrogens is 2. The molecule has 2 aromatic rings. The second-order valence-electron chi connectivity index (χ2n) is 2.88. The molecule has 0 fully saturated rings. The van der Waals surface area contributed by atoms with Crippen LogP contribution in [0.3, 0.4) is 0 Å². The Kier molecular flexibility index (Phi) is 2.42. The van der Waals surface area contributed by atoms with Crippen molar-refractivity contribution in [3.05, 3.63) is 33.9 Å². The molecule has 1 aromatic carbocycles. The van der Waals surface area contributed by atoms with Gasteiger partial charge in [-0.05, 0) is 18.2 Å². The summed E-state index contributed by atoms with van der Waals surface area (Å²) < 4.78 is 0. The van der Waals surface area contributed by atoms with E-state index in [1.54, 1.807) is 18.2 Å². The molecule has 2 rings (SSSR count). The number of benzene rings is 1. The first-order chi connectivity index (χ1) is 7.13. The van der Waals surface area contributed by atoms with Crippen molar-refractivity contribution in [1.82, 2.24) is 9.89 Å². The number of nitrogen functional groups attached to an aromatic ring is 1. The fourth-order valence-electron chi connectivity index (χ4n) is 1.33. The summed E-state index contributed by atoms with van der Waals surface area (Å²) in [5.74, 6) is 10.8. The maximum Gasteiger partial charge on any atom is 0.198 e. The van der Waals surface area contributed by atoms with Crippen LogP contribution < -0.4 is 17.2 Å². The summed E-state index contributed by atoms with van der Waals surface area (Å²) in [4.78, 5) is 1.03. The molecule has 1 aromatic heterocycles. The van der Waals surface area contributed by atoms with Gasteiger partial charge in [0.25, 0.3) is 0 Å². The van der Waals surface area contributed by atoms with Crippen molar-refractivity contribution in [3.8, 4) is 0 Å². The normalized spacial score (nSPS) is 12.3. The summed E-state index contributed by atoms with van der Waals surface area (Å²) in [7, 11) is 0. The number of hydrogen-bond donors (Lipinski definition) is 2. The lowest BCUT2D eigenvalue weighted by molar-refractivity contribution is 0.748. The van der Waals surface area contributed by atoms with Crippen LogP contribution in [0.25, 0.3) is 10.8 Å². The van der Waals surface area contributed by atoms with Gasteiger partial charge in [-0.1, -0.05) is 23.2 Å². The third-order valence-electron chi connectivity index (χ3n) is 1.98. The first kappa shape index (κ1) is 10.1. The monoisotopic (exact) mass is 243 g/mol. The molecule has 0 aliphatic heterocycles. The molecule has 0 amide bonds. The summed E-state index contributed by atoms with van der Waals surface area (Å²) in [6.07, 6.45) is 0. The molecule has 78 valence electrons. The van der Waals surface area contributed by atoms with Gasteiger partial charge >= 0.3 is 0 Å². The fourth-order valence-corrected chi connectivity index (χ4v) is 1.74. The van der Waals surface area contributed by atoms with Crippen molar-refractivity contribution >= 4 is 34.0 Å². The topological polar surface area (TPSA) is 82.2 Å². The highest BCUT2D eigenvalue weighted by molar-refractivity contribution is 6.35. The van der Waals surface area contributed by atoms with Crippen LogP contribution in [0.5, 0.6) is 0 Å². The first-order valence-electron chi connectivity index (χ1n) is 4.00. The molecule has 0 unspecified atom stereocenters. The highest BCUT2D eigenvalue weighted by atomic mass is 35.5. The van der Waals surface area contributed by atoms with Crippen LogP contribution in [0.4, 0.5) is 0 Å². The van der Waals surface area contributed by atoms with Crippen LogP contribution in [-0.2, 0) is 0 Å². The molecule has 0 saturated heterocycles. The molecule has 15 heavy (non-hydrogen) atoms. The lowest BCUT2D eigenvalue weighted by atomic mass is 10.2. The van der Waals surface area contributed by atoms with Gasteiger partial charge in [-0.3, -0.25) is 0 Å². The molecule has 1 heterocycles. The average Bonchev–Trinajstić information content (AvgIpc) is 2.19. The molecule has 0 bridgehead atoms. The molecular formula is C8H7Cl2N5. The second kappa shape index (κ2) is 3.60. The zero-order valence-electron chi connectivity index (χ0n) is 7.48. The van der Waals surface area contributed by atoms with Gasteiger partial charge in [-0.2, -0.15) is 9.89 Å². The first-order valence-corrected chi connectivity index (χ1v) is 4.76. The van der Waals surface area contributed by atoms with Crippen LogP contribution in [0.2, 0.25) is 10.2 Å². The molecular weight excluding hydrogens is 237 g/mol. The number of halogens is 2. The van der Waals surface area contributed by atoms with E-state index < -0.39 is 0 Å². The Morgan fingerprint density at radius 3 is 2.67 bits per heavy atom. The third kappa shape index (κ3) is 1.60. The second-order valence-corrected chi connectivity index (χ2v) is 3.67. The van der Waals surface area contributed by atoms with E-state index in [9.17, 15) is 0 Å². The lowest BCUT2D eigenvalue weighted by Crippen LogP contribution is -2.32. The largest absolute Gasteiger partial charge is 0.321 e. The van der Waals surface area contributed by atoms with Gasteiger partial charge in [0.05, 0.1) is 0 Å². The summed E-state index contributed by atoms with van der Waals surface area (Å²) in [5.41, 5.74) is 0.339. The summed E-state index contributed by atoms with van der Waals surface area (Å²) in [5, 5.41) is 9.56. The molecule has 0 spiro atoms. The van der Waals surface area contributed by atoms with Crippen molar-refractivity contribution in [2.24, 2.45) is 10.9 Å². The van der Waals surface area contributed by atoms with E-state index in [2.05, 4.69) is 10.2 Å². The number of nitrogens with two attached hydrogens (primary N) is 2. The van der Waals surface area contributed by atoms with Crippen molar-refractivity contribution in [2.45, 2.75) is 0 Å². The van der Waals surface area contributed by atoms with Crippen LogP contribution in [0.1, 0.15) is 0 Å². The minimum absolute atomic E-state index is 0.252. The van der Waals surface area contributed by atoms with Gasteiger partial charge in [-0.15, -0.1) is 5.10 Å². The van der Waals surface area contributed by atoms with E-state index in [1.807, 2.05) is 0 Å². The van der Waals surface area contributed by atoms with Crippen molar-refractivity contribution < 1.29 is 0 Å². The minimum atomic E-state index is 0.252. The van der Waals surface area contributed by atoms with Crippen LogP contribution in [0, 0.1) is 0 Å². The maximum atomic E-state index is 5.91. The zero-order chi connectivity index (χ0) is 11.0. The van der Waals surface area contributed by atoms with Crippen LogP contribution >= 0.6 is 23.2 Å². The van der Waals surface area contributed by atoms with Gasteiger partial charge in [0.1, 0.15) is 0 Å². The SMILES string of the molecule is N/N=c1/c2ccc(Cl)cc2c(Cl)nn1N. The molecule has 0 atom stereocenters. The van der Waals surface area contributed by atoms with E-state index in [-0.39, 0.29) is 5.15 Å².